The molecule has 0 saturated heterocycles. The van der Waals surface area contributed by atoms with Gasteiger partial charge in [-0.25, -0.2) is 0 Å². The molecule has 1 amide bonds. The van der Waals surface area contributed by atoms with Gasteiger partial charge in [-0.1, -0.05) is 36.1 Å². The first-order valence-corrected chi connectivity index (χ1v) is 7.15. The number of carbonyl (C=O) groups is 1. The van der Waals surface area contributed by atoms with Crippen LogP contribution >= 0.6 is 11.3 Å². The molecule has 0 unspecified atom stereocenters. The summed E-state index contributed by atoms with van der Waals surface area (Å²) in [6, 6.07) is 11.8. The maximum atomic E-state index is 12.4. The highest BCUT2D eigenvalue weighted by atomic mass is 32.1. The first-order valence-electron chi connectivity index (χ1n) is 6.33. The summed E-state index contributed by atoms with van der Waals surface area (Å²) in [5.41, 5.74) is 2.44. The fourth-order valence-electron chi connectivity index (χ4n) is 2.28. The quantitative estimate of drug-likeness (QED) is 0.816. The SMILES string of the molecule is O=C(c1ccc(C#CCO)s1)N1Cc2ccccc2C1. The van der Waals surface area contributed by atoms with Crippen molar-refractivity contribution in [2.24, 2.45) is 0 Å². The summed E-state index contributed by atoms with van der Waals surface area (Å²) >= 11 is 1.37. The average molecular weight is 283 g/mol. The first-order chi connectivity index (χ1) is 9.78. The minimum absolute atomic E-state index is 0.0447. The Morgan fingerprint density at radius 3 is 2.55 bits per heavy atom. The van der Waals surface area contributed by atoms with Crippen LogP contribution in [0.5, 0.6) is 0 Å². The van der Waals surface area contributed by atoms with Gasteiger partial charge < -0.3 is 10.0 Å². The molecule has 3 rings (SSSR count). The van der Waals surface area contributed by atoms with E-state index in [1.807, 2.05) is 23.1 Å². The smallest absolute Gasteiger partial charge is 0.264 e. The number of hydrogen-bond donors (Lipinski definition) is 1. The molecule has 0 saturated carbocycles. The van der Waals surface area contributed by atoms with Gasteiger partial charge >= 0.3 is 0 Å². The Hall–Kier alpha value is -2.09. The van der Waals surface area contributed by atoms with E-state index in [-0.39, 0.29) is 12.5 Å². The summed E-state index contributed by atoms with van der Waals surface area (Å²) in [6.07, 6.45) is 0. The van der Waals surface area contributed by atoms with E-state index in [4.69, 9.17) is 5.11 Å². The van der Waals surface area contributed by atoms with Gasteiger partial charge in [-0.15, -0.1) is 11.3 Å². The van der Waals surface area contributed by atoms with Gasteiger partial charge in [0.2, 0.25) is 0 Å². The molecule has 0 aliphatic carbocycles. The van der Waals surface area contributed by atoms with Crippen molar-refractivity contribution in [2.75, 3.05) is 6.61 Å². The van der Waals surface area contributed by atoms with Crippen LogP contribution < -0.4 is 0 Å². The summed E-state index contributed by atoms with van der Waals surface area (Å²) < 4.78 is 0. The van der Waals surface area contributed by atoms with Crippen LogP contribution in [0.25, 0.3) is 0 Å². The molecule has 100 valence electrons. The van der Waals surface area contributed by atoms with Crippen LogP contribution in [0.15, 0.2) is 36.4 Å². The van der Waals surface area contributed by atoms with Crippen LogP contribution in [-0.2, 0) is 13.1 Å². The Bertz CT molecular complexity index is 684. The van der Waals surface area contributed by atoms with E-state index in [0.717, 1.165) is 4.88 Å². The lowest BCUT2D eigenvalue weighted by molar-refractivity contribution is 0.0756. The van der Waals surface area contributed by atoms with Crippen molar-refractivity contribution in [3.63, 3.8) is 0 Å². The number of thiophene rings is 1. The largest absolute Gasteiger partial charge is 0.384 e. The maximum Gasteiger partial charge on any atom is 0.264 e. The van der Waals surface area contributed by atoms with Crippen LogP contribution in [0.2, 0.25) is 0 Å². The molecule has 0 radical (unpaired) electrons. The van der Waals surface area contributed by atoms with Gasteiger partial charge in [0.05, 0.1) is 9.75 Å². The van der Waals surface area contributed by atoms with Crippen molar-refractivity contribution in [1.29, 1.82) is 0 Å². The van der Waals surface area contributed by atoms with Crippen molar-refractivity contribution in [3.8, 4) is 11.8 Å². The summed E-state index contributed by atoms with van der Waals surface area (Å²) in [4.78, 5) is 15.8. The third kappa shape index (κ3) is 2.46. The van der Waals surface area contributed by atoms with Gasteiger partial charge in [-0.2, -0.15) is 0 Å². The zero-order valence-electron chi connectivity index (χ0n) is 10.8. The van der Waals surface area contributed by atoms with Crippen LogP contribution in [0, 0.1) is 11.8 Å². The van der Waals surface area contributed by atoms with Crippen molar-refractivity contribution in [3.05, 3.63) is 57.3 Å². The van der Waals surface area contributed by atoms with Gasteiger partial charge in [-0.3, -0.25) is 4.79 Å². The average Bonchev–Trinajstić information content (AvgIpc) is 3.10. The second kappa shape index (κ2) is 5.49. The van der Waals surface area contributed by atoms with Crippen molar-refractivity contribution in [2.45, 2.75) is 13.1 Å². The molecule has 1 aromatic carbocycles. The van der Waals surface area contributed by atoms with Crippen molar-refractivity contribution < 1.29 is 9.90 Å². The Morgan fingerprint density at radius 1 is 1.20 bits per heavy atom. The van der Waals surface area contributed by atoms with Gasteiger partial charge in [0, 0.05) is 13.1 Å². The number of fused-ring (bicyclic) bond motifs is 1. The molecule has 0 fully saturated rings. The fourth-order valence-corrected chi connectivity index (χ4v) is 3.13. The van der Waals surface area contributed by atoms with Gasteiger partial charge in [0.25, 0.3) is 5.91 Å². The number of hydrogen-bond acceptors (Lipinski definition) is 3. The Kier molecular flexibility index (Phi) is 3.55. The van der Waals surface area contributed by atoms with E-state index in [1.165, 1.54) is 22.5 Å². The summed E-state index contributed by atoms with van der Waals surface area (Å²) in [6.45, 7) is 1.18. The van der Waals surface area contributed by atoms with Crippen LogP contribution in [0.1, 0.15) is 25.7 Å². The minimum Gasteiger partial charge on any atom is -0.384 e. The predicted octanol–water partition coefficient (Wildman–Crippen LogP) is 2.25. The summed E-state index contributed by atoms with van der Waals surface area (Å²) in [5.74, 6) is 5.46. The molecule has 2 aromatic rings. The molecule has 0 spiro atoms. The zero-order valence-corrected chi connectivity index (χ0v) is 11.6. The van der Waals surface area contributed by atoms with E-state index in [0.29, 0.717) is 18.0 Å². The molecule has 0 atom stereocenters. The lowest BCUT2D eigenvalue weighted by Gasteiger charge is -2.13. The lowest BCUT2D eigenvalue weighted by atomic mass is 10.1. The number of aliphatic hydroxyl groups excluding tert-OH is 1. The lowest BCUT2D eigenvalue weighted by Crippen LogP contribution is -2.24. The molecule has 20 heavy (non-hydrogen) atoms. The highest BCUT2D eigenvalue weighted by molar-refractivity contribution is 7.14. The molecular weight excluding hydrogens is 270 g/mol. The fraction of sp³-hybridized carbons (Fsp3) is 0.188. The number of aliphatic hydroxyl groups is 1. The van der Waals surface area contributed by atoms with Gasteiger partial charge in [0.1, 0.15) is 6.61 Å². The molecule has 1 aromatic heterocycles. The second-order valence-corrected chi connectivity index (χ2v) is 5.64. The molecule has 1 aliphatic heterocycles. The standard InChI is InChI=1S/C16H13NO2S/c18-9-3-6-14-7-8-15(20-14)16(19)17-10-12-4-1-2-5-13(12)11-17/h1-2,4-5,7-8,18H,9-11H2. The van der Waals surface area contributed by atoms with Gasteiger partial charge in [0.15, 0.2) is 0 Å². The van der Waals surface area contributed by atoms with Crippen LogP contribution in [0.3, 0.4) is 0 Å². The van der Waals surface area contributed by atoms with E-state index in [2.05, 4.69) is 24.0 Å². The number of benzene rings is 1. The number of rotatable bonds is 1. The molecule has 1 aliphatic rings. The minimum atomic E-state index is -0.164. The first kappa shape index (κ1) is 12.9. The Morgan fingerprint density at radius 2 is 1.90 bits per heavy atom. The van der Waals surface area contributed by atoms with E-state index in [1.54, 1.807) is 6.07 Å². The third-order valence-electron chi connectivity index (χ3n) is 3.24. The Balaban J connectivity index is 1.76. The number of nitrogens with zero attached hydrogens (tertiary/aromatic N) is 1. The number of carbonyl (C=O) groups excluding carboxylic acids is 1. The highest BCUT2D eigenvalue weighted by Gasteiger charge is 2.24. The molecule has 3 nitrogen and oxygen atoms in total. The summed E-state index contributed by atoms with van der Waals surface area (Å²) in [5, 5.41) is 8.67. The zero-order chi connectivity index (χ0) is 13.9. The summed E-state index contributed by atoms with van der Waals surface area (Å²) in [7, 11) is 0. The predicted molar refractivity (Wildman–Crippen MR) is 78.3 cm³/mol. The highest BCUT2D eigenvalue weighted by Crippen LogP contribution is 2.26. The topological polar surface area (TPSA) is 40.5 Å². The van der Waals surface area contributed by atoms with Crippen molar-refractivity contribution >= 4 is 17.2 Å². The van der Waals surface area contributed by atoms with Crippen LogP contribution in [-0.4, -0.2) is 22.5 Å². The third-order valence-corrected chi connectivity index (χ3v) is 4.22. The van der Waals surface area contributed by atoms with Crippen molar-refractivity contribution in [1.82, 2.24) is 4.90 Å². The van der Waals surface area contributed by atoms with E-state index < -0.39 is 0 Å². The second-order valence-electron chi connectivity index (χ2n) is 4.55. The molecule has 1 N–H and O–H groups in total. The molecule has 0 bridgehead atoms. The van der Waals surface area contributed by atoms with Crippen LogP contribution in [0.4, 0.5) is 0 Å². The van der Waals surface area contributed by atoms with Gasteiger partial charge in [-0.05, 0) is 23.3 Å². The Labute approximate surface area is 121 Å². The van der Waals surface area contributed by atoms with E-state index >= 15 is 0 Å². The maximum absolute atomic E-state index is 12.4. The van der Waals surface area contributed by atoms with E-state index in [9.17, 15) is 4.79 Å². The molecule has 4 heteroatoms. The molecular formula is C16H13NO2S. The molecule has 2 heterocycles. The number of amides is 1. The normalized spacial score (nSPS) is 12.8. The monoisotopic (exact) mass is 283 g/mol.